The summed E-state index contributed by atoms with van der Waals surface area (Å²) in [7, 11) is 0. The fourth-order valence-corrected chi connectivity index (χ4v) is 5.96. The van der Waals surface area contributed by atoms with Gasteiger partial charge in [-0.15, -0.1) is 0 Å². The van der Waals surface area contributed by atoms with Crippen molar-refractivity contribution in [1.82, 2.24) is 29.4 Å². The Balaban J connectivity index is 1.91. The molecule has 0 bridgehead atoms. The van der Waals surface area contributed by atoms with Gasteiger partial charge in [-0.05, 0) is 50.0 Å². The van der Waals surface area contributed by atoms with Crippen LogP contribution < -0.4 is 16.3 Å². The number of piperazine rings is 1. The average molecular weight is 647 g/mol. The molecule has 0 unspecified atom stereocenters. The summed E-state index contributed by atoms with van der Waals surface area (Å²) < 4.78 is 32.4. The smallest absolute Gasteiger partial charge is 0.373 e. The zero-order valence-corrected chi connectivity index (χ0v) is 27.0. The van der Waals surface area contributed by atoms with Crippen LogP contribution in [0.2, 0.25) is 0 Å². The number of aromatic nitrogens is 5. The van der Waals surface area contributed by atoms with Crippen molar-refractivity contribution in [3.05, 3.63) is 76.3 Å². The predicted octanol–water partition coefficient (Wildman–Crippen LogP) is 4.65. The Hall–Kier alpha value is -5.27. The first-order chi connectivity index (χ1) is 22.2. The van der Waals surface area contributed by atoms with E-state index in [4.69, 9.17) is 5.73 Å². The van der Waals surface area contributed by atoms with Gasteiger partial charge in [0.2, 0.25) is 11.7 Å². The van der Waals surface area contributed by atoms with E-state index in [9.17, 15) is 19.5 Å². The minimum absolute atomic E-state index is 0.0655. The maximum absolute atomic E-state index is 16.1. The van der Waals surface area contributed by atoms with Gasteiger partial charge in [0.25, 0.3) is 0 Å². The van der Waals surface area contributed by atoms with Crippen molar-refractivity contribution in [1.29, 1.82) is 0 Å². The molecule has 1 fully saturated rings. The summed E-state index contributed by atoms with van der Waals surface area (Å²) in [5.41, 5.74) is 5.03. The van der Waals surface area contributed by atoms with Crippen molar-refractivity contribution in [2.24, 2.45) is 0 Å². The number of fused-ring (bicyclic) bond motifs is 1. The number of carboxylic acids is 1. The van der Waals surface area contributed by atoms with Gasteiger partial charge in [0, 0.05) is 30.9 Å². The van der Waals surface area contributed by atoms with Gasteiger partial charge >= 0.3 is 11.7 Å². The van der Waals surface area contributed by atoms with Crippen LogP contribution in [0.5, 0.6) is 0 Å². The summed E-state index contributed by atoms with van der Waals surface area (Å²) in [4.78, 5) is 59.9. The lowest BCUT2D eigenvalue weighted by Crippen LogP contribution is -2.58. The van der Waals surface area contributed by atoms with E-state index in [1.165, 1.54) is 18.2 Å². The standard InChI is InChI=1S/C33H36F2N8O4/c1-8-23(44)41-13-18(7)42(14-17(41)6)30-19-12-21(35)27(24-20(34)10-9-11-22(24)36)39-31(19)43(33(47)40-30)28-25(15(2)3)37-29(32(45)46)38-26(28)16(4)5/h8-12,15-18H,1,13-14,36H2,2-7H3,(H,45,46)/t17-,18+/m1/s1. The van der Waals surface area contributed by atoms with E-state index in [1.54, 1.807) is 37.5 Å². The van der Waals surface area contributed by atoms with Gasteiger partial charge in [0.1, 0.15) is 17.3 Å². The molecule has 1 amide bonds. The molecule has 0 spiro atoms. The van der Waals surface area contributed by atoms with E-state index in [-0.39, 0.29) is 76.3 Å². The lowest BCUT2D eigenvalue weighted by atomic mass is 10.0. The number of amides is 1. The number of hydrogen-bond acceptors (Lipinski definition) is 9. The van der Waals surface area contributed by atoms with Crippen LogP contribution in [0.3, 0.4) is 0 Å². The zero-order valence-electron chi connectivity index (χ0n) is 27.0. The summed E-state index contributed by atoms with van der Waals surface area (Å²) in [5, 5.41) is 9.90. The highest BCUT2D eigenvalue weighted by Gasteiger charge is 2.35. The molecular weight excluding hydrogens is 610 g/mol. The molecule has 1 aliphatic heterocycles. The van der Waals surface area contributed by atoms with Crippen molar-refractivity contribution in [2.75, 3.05) is 23.7 Å². The second-order valence-electron chi connectivity index (χ2n) is 12.3. The quantitative estimate of drug-likeness (QED) is 0.214. The molecule has 1 saturated heterocycles. The fraction of sp³-hybridized carbons (Fsp3) is 0.364. The van der Waals surface area contributed by atoms with Gasteiger partial charge in [-0.25, -0.2) is 37.9 Å². The van der Waals surface area contributed by atoms with Gasteiger partial charge in [0.05, 0.1) is 28.0 Å². The summed E-state index contributed by atoms with van der Waals surface area (Å²) in [6.45, 7) is 14.9. The Labute approximate surface area is 269 Å². The lowest BCUT2D eigenvalue weighted by Gasteiger charge is -2.44. The van der Waals surface area contributed by atoms with Crippen molar-refractivity contribution >= 4 is 34.4 Å². The van der Waals surface area contributed by atoms with Crippen molar-refractivity contribution in [2.45, 2.75) is 65.5 Å². The molecule has 4 aromatic rings. The first-order valence-corrected chi connectivity index (χ1v) is 15.2. The third kappa shape index (κ3) is 5.79. The molecule has 12 nitrogen and oxygen atoms in total. The van der Waals surface area contributed by atoms with Crippen LogP contribution in [0.25, 0.3) is 28.0 Å². The van der Waals surface area contributed by atoms with E-state index in [0.29, 0.717) is 0 Å². The Morgan fingerprint density at radius 3 is 2.19 bits per heavy atom. The van der Waals surface area contributed by atoms with E-state index in [0.717, 1.165) is 16.7 Å². The molecule has 0 aliphatic carbocycles. The largest absolute Gasteiger partial charge is 0.475 e. The Kier molecular flexibility index (Phi) is 8.80. The van der Waals surface area contributed by atoms with Crippen LogP contribution in [0.15, 0.2) is 41.7 Å². The number of aromatic carboxylic acids is 1. The maximum atomic E-state index is 16.1. The van der Waals surface area contributed by atoms with E-state index in [1.807, 2.05) is 13.8 Å². The molecule has 14 heteroatoms. The van der Waals surface area contributed by atoms with Crippen molar-refractivity contribution < 1.29 is 23.5 Å². The Morgan fingerprint density at radius 2 is 1.64 bits per heavy atom. The molecule has 1 aromatic carbocycles. The minimum Gasteiger partial charge on any atom is -0.475 e. The average Bonchev–Trinajstić information content (AvgIpc) is 3.01. The van der Waals surface area contributed by atoms with Crippen LogP contribution in [-0.2, 0) is 4.79 Å². The van der Waals surface area contributed by atoms with Crippen LogP contribution in [0, 0.1) is 11.6 Å². The van der Waals surface area contributed by atoms with Crippen molar-refractivity contribution in [3.63, 3.8) is 0 Å². The molecule has 5 rings (SSSR count). The molecule has 2 atom stereocenters. The number of anilines is 2. The van der Waals surface area contributed by atoms with Crippen LogP contribution in [-0.4, -0.2) is 71.6 Å². The highest BCUT2D eigenvalue weighted by molar-refractivity contribution is 5.92. The van der Waals surface area contributed by atoms with Crippen LogP contribution in [0.1, 0.15) is 75.4 Å². The highest BCUT2D eigenvalue weighted by Crippen LogP contribution is 2.37. The number of halogens is 2. The molecule has 47 heavy (non-hydrogen) atoms. The number of carbonyl (C=O) groups excluding carboxylic acids is 1. The van der Waals surface area contributed by atoms with Gasteiger partial charge in [0.15, 0.2) is 11.5 Å². The molecule has 3 N–H and O–H groups in total. The number of benzene rings is 1. The van der Waals surface area contributed by atoms with Crippen molar-refractivity contribution in [3.8, 4) is 16.9 Å². The van der Waals surface area contributed by atoms with Gasteiger partial charge in [-0.2, -0.15) is 4.98 Å². The van der Waals surface area contributed by atoms with E-state index >= 15 is 8.78 Å². The van der Waals surface area contributed by atoms with Gasteiger partial charge in [-0.3, -0.25) is 4.79 Å². The second kappa shape index (κ2) is 12.5. The topological polar surface area (TPSA) is 160 Å². The number of carbonyl (C=O) groups is 2. The first-order valence-electron chi connectivity index (χ1n) is 15.2. The molecular formula is C33H36F2N8O4. The summed E-state index contributed by atoms with van der Waals surface area (Å²) in [5.74, 6) is -4.45. The third-order valence-electron chi connectivity index (χ3n) is 8.25. The van der Waals surface area contributed by atoms with E-state index in [2.05, 4.69) is 26.5 Å². The monoisotopic (exact) mass is 646 g/mol. The third-order valence-corrected chi connectivity index (χ3v) is 8.25. The number of nitrogens with zero attached hydrogens (tertiary/aromatic N) is 7. The molecule has 0 saturated carbocycles. The number of pyridine rings is 1. The molecule has 1 aliphatic rings. The van der Waals surface area contributed by atoms with Gasteiger partial charge < -0.3 is 20.6 Å². The van der Waals surface area contributed by atoms with E-state index < -0.39 is 46.6 Å². The summed E-state index contributed by atoms with van der Waals surface area (Å²) >= 11 is 0. The number of hydrogen-bond donors (Lipinski definition) is 2. The number of rotatable bonds is 7. The minimum atomic E-state index is -1.35. The lowest BCUT2D eigenvalue weighted by molar-refractivity contribution is -0.128. The number of nitrogens with two attached hydrogens (primary N) is 1. The molecule has 3 aromatic heterocycles. The zero-order chi connectivity index (χ0) is 34.5. The fourth-order valence-electron chi connectivity index (χ4n) is 5.96. The second-order valence-corrected chi connectivity index (χ2v) is 12.3. The predicted molar refractivity (Wildman–Crippen MR) is 174 cm³/mol. The van der Waals surface area contributed by atoms with Crippen LogP contribution in [0.4, 0.5) is 20.3 Å². The maximum Gasteiger partial charge on any atom is 0.373 e. The molecule has 0 radical (unpaired) electrons. The molecule has 4 heterocycles. The Morgan fingerprint density at radius 1 is 1.00 bits per heavy atom. The number of nitrogen functional groups attached to an aromatic ring is 1. The first kappa shape index (κ1) is 33.1. The Bertz CT molecular complexity index is 1940. The SMILES string of the molecule is C=CC(=O)N1C[C@H](C)N(c2nc(=O)n(-c3c(C(C)C)nc(C(=O)O)nc3C(C)C)c3nc(-c4c(N)cccc4F)c(F)cc23)C[C@H]1C. The number of carboxylic acid groups (broad SMARTS) is 1. The molecule has 246 valence electrons. The summed E-state index contributed by atoms with van der Waals surface area (Å²) in [6.07, 6.45) is 1.24. The highest BCUT2D eigenvalue weighted by atomic mass is 19.1. The normalized spacial score (nSPS) is 16.7. The van der Waals surface area contributed by atoms with Crippen LogP contribution >= 0.6 is 0 Å². The van der Waals surface area contributed by atoms with Gasteiger partial charge in [-0.1, -0.05) is 40.3 Å². The summed E-state index contributed by atoms with van der Waals surface area (Å²) in [6, 6.07) is 4.38.